The van der Waals surface area contributed by atoms with Crippen LogP contribution in [0.2, 0.25) is 10.3 Å². The van der Waals surface area contributed by atoms with Crippen molar-refractivity contribution in [1.29, 1.82) is 0 Å². The van der Waals surface area contributed by atoms with Gasteiger partial charge in [-0.2, -0.15) is 0 Å². The van der Waals surface area contributed by atoms with Crippen LogP contribution < -0.4 is 0 Å². The summed E-state index contributed by atoms with van der Waals surface area (Å²) >= 11 is 11.8. The summed E-state index contributed by atoms with van der Waals surface area (Å²) < 4.78 is 0. The Morgan fingerprint density at radius 2 is 1.89 bits per heavy atom. The summed E-state index contributed by atoms with van der Waals surface area (Å²) in [6.45, 7) is 2.13. The minimum atomic E-state index is 0.255. The fourth-order valence-corrected chi connectivity index (χ4v) is 2.23. The highest BCUT2D eigenvalue weighted by Crippen LogP contribution is 2.17. The van der Waals surface area contributed by atoms with Crippen molar-refractivity contribution in [1.82, 2.24) is 9.97 Å². The summed E-state index contributed by atoms with van der Waals surface area (Å²) in [5.41, 5.74) is 3.52. The molecule has 0 radical (unpaired) electrons. The molecule has 18 heavy (non-hydrogen) atoms. The number of halogens is 2. The van der Waals surface area contributed by atoms with Gasteiger partial charge in [0.05, 0.1) is 16.9 Å². The van der Waals surface area contributed by atoms with Gasteiger partial charge in [0, 0.05) is 0 Å². The van der Waals surface area contributed by atoms with Crippen molar-refractivity contribution in [3.05, 3.63) is 57.6 Å². The Bertz CT molecular complexity index is 541. The highest BCUT2D eigenvalue weighted by atomic mass is 35.5. The molecule has 0 aliphatic rings. The van der Waals surface area contributed by atoms with E-state index in [2.05, 4.69) is 41.2 Å². The van der Waals surface area contributed by atoms with Gasteiger partial charge in [0.25, 0.3) is 0 Å². The molecule has 0 atom stereocenters. The van der Waals surface area contributed by atoms with Crippen LogP contribution in [0.5, 0.6) is 0 Å². The minimum Gasteiger partial charge on any atom is -0.225 e. The molecule has 1 aromatic heterocycles. The predicted molar refractivity (Wildman–Crippen MR) is 75.3 cm³/mol. The molecule has 2 rings (SSSR count). The molecule has 0 bridgehead atoms. The molecule has 0 N–H and O–H groups in total. The lowest BCUT2D eigenvalue weighted by atomic mass is 10.0. The number of aromatic nitrogens is 2. The largest absolute Gasteiger partial charge is 0.225 e. The first-order valence-electron chi connectivity index (χ1n) is 5.88. The second kappa shape index (κ2) is 6.17. The molecule has 1 heterocycles. The average molecular weight is 281 g/mol. The Morgan fingerprint density at radius 3 is 2.67 bits per heavy atom. The van der Waals surface area contributed by atoms with Crippen molar-refractivity contribution >= 4 is 23.2 Å². The second-order valence-corrected chi connectivity index (χ2v) is 4.96. The Labute approximate surface area is 117 Å². The van der Waals surface area contributed by atoms with Crippen LogP contribution in [0.1, 0.15) is 23.2 Å². The zero-order valence-electron chi connectivity index (χ0n) is 10.2. The van der Waals surface area contributed by atoms with Crippen molar-refractivity contribution in [3.8, 4) is 0 Å². The molecule has 0 saturated heterocycles. The summed E-state index contributed by atoms with van der Waals surface area (Å²) in [5.74, 6) is 0. The van der Waals surface area contributed by atoms with Crippen molar-refractivity contribution in [2.24, 2.45) is 0 Å². The maximum atomic E-state index is 6.03. The Hall–Kier alpha value is -1.12. The summed E-state index contributed by atoms with van der Waals surface area (Å²) in [5, 5.41) is 0.842. The van der Waals surface area contributed by atoms with Gasteiger partial charge in [-0.05, 0) is 48.9 Å². The maximum absolute atomic E-state index is 6.03. The van der Waals surface area contributed by atoms with E-state index in [1.165, 1.54) is 11.1 Å². The normalized spacial score (nSPS) is 10.6. The Balaban J connectivity index is 1.96. The number of nitrogens with zero attached hydrogens (tertiary/aromatic N) is 2. The molecular formula is C14H14Cl2N2. The van der Waals surface area contributed by atoms with Gasteiger partial charge in [0.15, 0.2) is 0 Å². The molecule has 2 aromatic rings. The van der Waals surface area contributed by atoms with Crippen molar-refractivity contribution in [2.75, 3.05) is 0 Å². The third kappa shape index (κ3) is 3.44. The summed E-state index contributed by atoms with van der Waals surface area (Å²) in [6, 6.07) is 8.41. The fraction of sp³-hybridized carbons (Fsp3) is 0.286. The molecule has 94 valence electrons. The molecule has 0 aliphatic carbocycles. The standard InChI is InChI=1S/C14H14Cl2N2/c1-10-5-2-3-6-11(10)7-4-8-13-12(15)9-17-14(16)18-13/h2-3,5-6,9H,4,7-8H2,1H3. The average Bonchev–Trinajstić information content (AvgIpc) is 2.36. The summed E-state index contributed by atoms with van der Waals surface area (Å²) in [7, 11) is 0. The van der Waals surface area contributed by atoms with Crippen molar-refractivity contribution < 1.29 is 0 Å². The number of aryl methyl sites for hydroxylation is 3. The van der Waals surface area contributed by atoms with Gasteiger partial charge in [-0.25, -0.2) is 9.97 Å². The fourth-order valence-electron chi connectivity index (χ4n) is 1.89. The number of rotatable bonds is 4. The van der Waals surface area contributed by atoms with E-state index < -0.39 is 0 Å². The van der Waals surface area contributed by atoms with Gasteiger partial charge in [-0.15, -0.1) is 0 Å². The van der Waals surface area contributed by atoms with Crippen LogP contribution in [0.25, 0.3) is 0 Å². The molecule has 4 heteroatoms. The first-order valence-corrected chi connectivity index (χ1v) is 6.64. The van der Waals surface area contributed by atoms with Gasteiger partial charge >= 0.3 is 0 Å². The molecule has 2 nitrogen and oxygen atoms in total. The lowest BCUT2D eigenvalue weighted by Crippen LogP contribution is -1.97. The van der Waals surface area contributed by atoms with Crippen LogP contribution in [0, 0.1) is 6.92 Å². The van der Waals surface area contributed by atoms with Gasteiger partial charge in [0.1, 0.15) is 0 Å². The smallest absolute Gasteiger partial charge is 0.222 e. The summed E-state index contributed by atoms with van der Waals surface area (Å²) in [6.07, 6.45) is 4.39. The van der Waals surface area contributed by atoms with Crippen LogP contribution in [-0.2, 0) is 12.8 Å². The molecule has 0 aliphatic heterocycles. The van der Waals surface area contributed by atoms with Crippen molar-refractivity contribution in [3.63, 3.8) is 0 Å². The van der Waals surface area contributed by atoms with Gasteiger partial charge < -0.3 is 0 Å². The van der Waals surface area contributed by atoms with Gasteiger partial charge in [-0.3, -0.25) is 0 Å². The summed E-state index contributed by atoms with van der Waals surface area (Å²) in [4.78, 5) is 7.99. The van der Waals surface area contributed by atoms with E-state index in [1.807, 2.05) is 0 Å². The zero-order valence-corrected chi connectivity index (χ0v) is 11.7. The predicted octanol–water partition coefficient (Wildman–Crippen LogP) is 4.27. The maximum Gasteiger partial charge on any atom is 0.222 e. The van der Waals surface area contributed by atoms with Gasteiger partial charge in [-0.1, -0.05) is 35.9 Å². The van der Waals surface area contributed by atoms with E-state index in [-0.39, 0.29) is 5.28 Å². The molecule has 0 fully saturated rings. The number of hydrogen-bond acceptors (Lipinski definition) is 2. The van der Waals surface area contributed by atoms with Gasteiger partial charge in [0.2, 0.25) is 5.28 Å². The highest BCUT2D eigenvalue weighted by molar-refractivity contribution is 6.31. The quantitative estimate of drug-likeness (QED) is 0.782. The Morgan fingerprint density at radius 1 is 1.11 bits per heavy atom. The monoisotopic (exact) mass is 280 g/mol. The first kappa shape index (κ1) is 13.3. The Kier molecular flexibility index (Phi) is 4.56. The van der Waals surface area contributed by atoms with E-state index in [9.17, 15) is 0 Å². The number of benzene rings is 1. The molecule has 1 aromatic carbocycles. The molecule has 0 saturated carbocycles. The van der Waals surface area contributed by atoms with E-state index in [0.29, 0.717) is 5.02 Å². The molecule has 0 unspecified atom stereocenters. The zero-order chi connectivity index (χ0) is 13.0. The third-order valence-electron chi connectivity index (χ3n) is 2.91. The van der Waals surface area contributed by atoms with Crippen LogP contribution in [0.3, 0.4) is 0 Å². The van der Waals surface area contributed by atoms with Crippen LogP contribution >= 0.6 is 23.2 Å². The lowest BCUT2D eigenvalue weighted by molar-refractivity contribution is 0.791. The van der Waals surface area contributed by atoms with E-state index in [0.717, 1.165) is 25.0 Å². The SMILES string of the molecule is Cc1ccccc1CCCc1nc(Cl)ncc1Cl. The lowest BCUT2D eigenvalue weighted by Gasteiger charge is -2.06. The van der Waals surface area contributed by atoms with E-state index in [4.69, 9.17) is 23.2 Å². The molecular weight excluding hydrogens is 267 g/mol. The minimum absolute atomic E-state index is 0.255. The van der Waals surface area contributed by atoms with Crippen LogP contribution in [0.4, 0.5) is 0 Å². The van der Waals surface area contributed by atoms with Crippen LogP contribution in [0.15, 0.2) is 30.5 Å². The number of hydrogen-bond donors (Lipinski definition) is 0. The van der Waals surface area contributed by atoms with Crippen molar-refractivity contribution in [2.45, 2.75) is 26.2 Å². The third-order valence-corrected chi connectivity index (χ3v) is 3.41. The van der Waals surface area contributed by atoms with E-state index in [1.54, 1.807) is 6.20 Å². The van der Waals surface area contributed by atoms with Crippen LogP contribution in [-0.4, -0.2) is 9.97 Å². The second-order valence-electron chi connectivity index (χ2n) is 4.21. The molecule has 0 spiro atoms. The first-order chi connectivity index (χ1) is 8.66. The highest BCUT2D eigenvalue weighted by Gasteiger charge is 2.05. The van der Waals surface area contributed by atoms with E-state index >= 15 is 0 Å². The topological polar surface area (TPSA) is 25.8 Å². The molecule has 0 amide bonds.